The highest BCUT2D eigenvalue weighted by atomic mass is 16.6. The highest BCUT2D eigenvalue weighted by molar-refractivity contribution is 5.83. The zero-order chi connectivity index (χ0) is 14.2. The van der Waals surface area contributed by atoms with Crippen LogP contribution in [0.15, 0.2) is 0 Å². The Bertz CT molecular complexity index is 378. The third-order valence-corrected chi connectivity index (χ3v) is 3.45. The van der Waals surface area contributed by atoms with Gasteiger partial charge in [-0.1, -0.05) is 0 Å². The fourth-order valence-electron chi connectivity index (χ4n) is 2.46. The minimum Gasteiger partial charge on any atom is -0.444 e. The zero-order valence-electron chi connectivity index (χ0n) is 12.1. The minimum atomic E-state index is -0.483. The number of hydrogen-bond acceptors (Lipinski definition) is 4. The van der Waals surface area contributed by atoms with Gasteiger partial charge in [0, 0.05) is 26.2 Å². The van der Waals surface area contributed by atoms with Crippen LogP contribution in [-0.4, -0.2) is 65.7 Å². The van der Waals surface area contributed by atoms with Crippen molar-refractivity contribution in [2.45, 2.75) is 45.4 Å². The normalized spacial score (nSPS) is 28.1. The third kappa shape index (κ3) is 3.18. The Morgan fingerprint density at radius 2 is 2.05 bits per heavy atom. The van der Waals surface area contributed by atoms with Gasteiger partial charge in [0.05, 0.1) is 12.1 Å². The van der Waals surface area contributed by atoms with Crippen LogP contribution in [0.5, 0.6) is 0 Å². The maximum atomic E-state index is 12.0. The van der Waals surface area contributed by atoms with Crippen LogP contribution in [0.1, 0.15) is 27.7 Å². The largest absolute Gasteiger partial charge is 0.444 e. The molecule has 108 valence electrons. The first-order chi connectivity index (χ1) is 8.78. The van der Waals surface area contributed by atoms with E-state index >= 15 is 0 Å². The van der Waals surface area contributed by atoms with Crippen molar-refractivity contribution in [2.24, 2.45) is 0 Å². The van der Waals surface area contributed by atoms with Gasteiger partial charge in [0.15, 0.2) is 0 Å². The smallest absolute Gasteiger partial charge is 0.410 e. The number of amides is 2. The van der Waals surface area contributed by atoms with E-state index in [0.29, 0.717) is 19.6 Å². The Morgan fingerprint density at radius 3 is 2.68 bits per heavy atom. The lowest BCUT2D eigenvalue weighted by atomic mass is 10.1. The van der Waals surface area contributed by atoms with Crippen molar-refractivity contribution in [1.29, 1.82) is 0 Å². The van der Waals surface area contributed by atoms with Gasteiger partial charge in [-0.2, -0.15) is 0 Å². The number of ether oxygens (including phenoxy) is 1. The molecule has 2 fully saturated rings. The second-order valence-electron chi connectivity index (χ2n) is 6.24. The van der Waals surface area contributed by atoms with Gasteiger partial charge in [0.1, 0.15) is 5.60 Å². The molecule has 6 nitrogen and oxygen atoms in total. The maximum Gasteiger partial charge on any atom is 0.410 e. The Balaban J connectivity index is 1.96. The summed E-state index contributed by atoms with van der Waals surface area (Å²) in [5, 5.41) is 3.17. The van der Waals surface area contributed by atoms with Gasteiger partial charge >= 0.3 is 6.09 Å². The number of carbonyl (C=O) groups is 2. The molecule has 6 heteroatoms. The molecule has 2 atom stereocenters. The predicted octanol–water partition coefficient (Wildman–Crippen LogP) is 0.426. The van der Waals surface area contributed by atoms with E-state index < -0.39 is 5.60 Å². The summed E-state index contributed by atoms with van der Waals surface area (Å²) in [4.78, 5) is 27.6. The first-order valence-corrected chi connectivity index (χ1v) is 6.80. The number of piperazine rings is 2. The second kappa shape index (κ2) is 5.00. The summed E-state index contributed by atoms with van der Waals surface area (Å²) in [6, 6.07) is -0.0608. The molecular formula is C13H23N3O3. The summed E-state index contributed by atoms with van der Waals surface area (Å²) >= 11 is 0. The molecule has 1 N–H and O–H groups in total. The molecule has 0 radical (unpaired) electrons. The summed E-state index contributed by atoms with van der Waals surface area (Å²) in [5.74, 6) is 0.125. The van der Waals surface area contributed by atoms with Crippen LogP contribution in [0, 0.1) is 0 Å². The number of carbonyl (C=O) groups excluding carboxylic acids is 2. The molecule has 2 saturated heterocycles. The van der Waals surface area contributed by atoms with Crippen molar-refractivity contribution in [3.8, 4) is 0 Å². The maximum absolute atomic E-state index is 12.0. The van der Waals surface area contributed by atoms with E-state index in [0.717, 1.165) is 6.54 Å². The number of fused-ring (bicyclic) bond motifs is 1. The fraction of sp³-hybridized carbons (Fsp3) is 0.846. The molecule has 0 aliphatic carbocycles. The Kier molecular flexibility index (Phi) is 3.71. The summed E-state index contributed by atoms with van der Waals surface area (Å²) in [6.07, 6.45) is -0.293. The molecule has 2 aliphatic rings. The van der Waals surface area contributed by atoms with Gasteiger partial charge < -0.3 is 19.9 Å². The van der Waals surface area contributed by atoms with Crippen molar-refractivity contribution in [1.82, 2.24) is 15.1 Å². The van der Waals surface area contributed by atoms with Gasteiger partial charge in [-0.3, -0.25) is 4.79 Å². The topological polar surface area (TPSA) is 61.9 Å². The number of nitrogens with zero attached hydrogens (tertiary/aromatic N) is 2. The molecule has 19 heavy (non-hydrogen) atoms. The molecule has 0 saturated carbocycles. The van der Waals surface area contributed by atoms with E-state index in [9.17, 15) is 9.59 Å². The van der Waals surface area contributed by atoms with Crippen molar-refractivity contribution in [2.75, 3.05) is 26.2 Å². The van der Waals surface area contributed by atoms with Gasteiger partial charge in [-0.05, 0) is 27.7 Å². The van der Waals surface area contributed by atoms with Gasteiger partial charge in [-0.25, -0.2) is 4.79 Å². The quantitative estimate of drug-likeness (QED) is 0.692. The molecule has 2 aliphatic heterocycles. The van der Waals surface area contributed by atoms with Crippen LogP contribution < -0.4 is 5.32 Å². The van der Waals surface area contributed by atoms with Crippen LogP contribution in [0.4, 0.5) is 4.79 Å². The monoisotopic (exact) mass is 269 g/mol. The average molecular weight is 269 g/mol. The molecule has 0 aromatic rings. The highest BCUT2D eigenvalue weighted by Crippen LogP contribution is 2.17. The lowest BCUT2D eigenvalue weighted by Crippen LogP contribution is -2.66. The van der Waals surface area contributed by atoms with Crippen molar-refractivity contribution < 1.29 is 14.3 Å². The molecular weight excluding hydrogens is 246 g/mol. The zero-order valence-corrected chi connectivity index (χ0v) is 12.1. The Labute approximate surface area is 114 Å². The van der Waals surface area contributed by atoms with Gasteiger partial charge in [0.2, 0.25) is 5.91 Å². The third-order valence-electron chi connectivity index (χ3n) is 3.45. The summed E-state index contributed by atoms with van der Waals surface area (Å²) in [5.41, 5.74) is -0.483. The number of hydrogen-bond donors (Lipinski definition) is 1. The molecule has 2 rings (SSSR count). The van der Waals surface area contributed by atoms with Crippen LogP contribution in [0.2, 0.25) is 0 Å². The van der Waals surface area contributed by atoms with E-state index in [1.165, 1.54) is 0 Å². The average Bonchev–Trinajstić information content (AvgIpc) is 2.31. The fourth-order valence-corrected chi connectivity index (χ4v) is 2.46. The molecule has 0 aromatic heterocycles. The Hall–Kier alpha value is -1.30. The van der Waals surface area contributed by atoms with Crippen molar-refractivity contribution in [3.05, 3.63) is 0 Å². The number of nitrogens with one attached hydrogen (secondary N) is 1. The van der Waals surface area contributed by atoms with E-state index in [2.05, 4.69) is 5.32 Å². The molecule has 0 unspecified atom stereocenters. The van der Waals surface area contributed by atoms with Gasteiger partial charge in [0.25, 0.3) is 0 Å². The van der Waals surface area contributed by atoms with E-state index in [1.54, 1.807) is 4.90 Å². The molecule has 0 spiro atoms. The van der Waals surface area contributed by atoms with Crippen molar-refractivity contribution >= 4 is 12.0 Å². The van der Waals surface area contributed by atoms with E-state index in [4.69, 9.17) is 4.74 Å². The van der Waals surface area contributed by atoms with Gasteiger partial charge in [-0.15, -0.1) is 0 Å². The summed E-state index contributed by atoms with van der Waals surface area (Å²) in [7, 11) is 0. The standard InChI is InChI=1S/C13H23N3O3/c1-9-11(17)16-6-5-15(8-10(16)7-14-9)12(18)19-13(2,3)4/h9-10,14H,5-8H2,1-4H3/t9-,10-/m0/s1. The minimum absolute atomic E-state index is 0.0602. The SMILES string of the molecule is C[C@@H]1NC[C@H]2CN(C(=O)OC(C)(C)C)CCN2C1=O. The lowest BCUT2D eigenvalue weighted by molar-refractivity contribution is -0.141. The van der Waals surface area contributed by atoms with E-state index in [1.807, 2.05) is 32.6 Å². The highest BCUT2D eigenvalue weighted by Gasteiger charge is 2.38. The molecule has 0 aromatic carbocycles. The molecule has 0 bridgehead atoms. The first-order valence-electron chi connectivity index (χ1n) is 6.80. The lowest BCUT2D eigenvalue weighted by Gasteiger charge is -2.45. The second-order valence-corrected chi connectivity index (χ2v) is 6.24. The Morgan fingerprint density at radius 1 is 1.37 bits per heavy atom. The molecule has 2 heterocycles. The predicted molar refractivity (Wildman–Crippen MR) is 70.8 cm³/mol. The first kappa shape index (κ1) is 14.1. The van der Waals surface area contributed by atoms with Crippen LogP contribution >= 0.6 is 0 Å². The summed E-state index contributed by atoms with van der Waals surface area (Å²) in [6.45, 7) is 9.85. The van der Waals surface area contributed by atoms with Crippen LogP contribution in [0.25, 0.3) is 0 Å². The number of rotatable bonds is 0. The summed E-state index contributed by atoms with van der Waals surface area (Å²) < 4.78 is 5.37. The molecule has 2 amide bonds. The van der Waals surface area contributed by atoms with Crippen LogP contribution in [0.3, 0.4) is 0 Å². The van der Waals surface area contributed by atoms with Crippen molar-refractivity contribution in [3.63, 3.8) is 0 Å². The van der Waals surface area contributed by atoms with E-state index in [-0.39, 0.29) is 24.1 Å². The van der Waals surface area contributed by atoms with Crippen LogP contribution in [-0.2, 0) is 9.53 Å².